The third-order valence-electron chi connectivity index (χ3n) is 4.69. The average molecular weight is 327 g/mol. The maximum Gasteiger partial charge on any atom is 0.249 e. The lowest BCUT2D eigenvalue weighted by Crippen LogP contribution is -2.45. The van der Waals surface area contributed by atoms with Gasteiger partial charge in [0.2, 0.25) is 12.1 Å². The molecule has 2 aliphatic rings. The molecule has 1 saturated carbocycles. The normalized spacial score (nSPS) is 33.1. The van der Waals surface area contributed by atoms with Crippen molar-refractivity contribution in [1.29, 1.82) is 0 Å². The van der Waals surface area contributed by atoms with E-state index in [4.69, 9.17) is 31.2 Å². The lowest BCUT2D eigenvalue weighted by atomic mass is 9.71. The molecule has 2 fully saturated rings. The summed E-state index contributed by atoms with van der Waals surface area (Å²) in [6.45, 7) is 6.84. The highest BCUT2D eigenvalue weighted by Crippen LogP contribution is 2.46. The zero-order valence-electron chi connectivity index (χ0n) is 13.3. The average Bonchev–Trinajstić information content (AvgIpc) is 2.49. The number of hydrogen-bond donors (Lipinski definition) is 0. The van der Waals surface area contributed by atoms with Gasteiger partial charge in [-0.1, -0.05) is 44.5 Å². The van der Waals surface area contributed by atoms with Crippen LogP contribution in [0.1, 0.15) is 58.3 Å². The third-order valence-corrected chi connectivity index (χ3v) is 4.94. The van der Waals surface area contributed by atoms with Gasteiger partial charge in [0.05, 0.1) is 0 Å². The first-order valence-electron chi connectivity index (χ1n) is 7.82. The zero-order valence-corrected chi connectivity index (χ0v) is 14.1. The maximum absolute atomic E-state index is 5.87. The molecule has 3 rings (SSSR count). The molecule has 1 aromatic rings. The van der Waals surface area contributed by atoms with Crippen LogP contribution in [0.3, 0.4) is 0 Å². The van der Waals surface area contributed by atoms with Gasteiger partial charge in [0.25, 0.3) is 0 Å². The first-order chi connectivity index (χ1) is 10.4. The SMILES string of the molecule is CC(C)(C)C1CCC2(CC1)OOC(c1ccc(Cl)cc1)OO2. The summed E-state index contributed by atoms with van der Waals surface area (Å²) in [5, 5.41) is 0.665. The molecule has 1 spiro atoms. The molecule has 0 bridgehead atoms. The Kier molecular flexibility index (Phi) is 4.49. The summed E-state index contributed by atoms with van der Waals surface area (Å²) in [6, 6.07) is 7.22. The van der Waals surface area contributed by atoms with Crippen molar-refractivity contribution in [3.63, 3.8) is 0 Å². The van der Waals surface area contributed by atoms with Crippen molar-refractivity contribution in [3.05, 3.63) is 34.9 Å². The van der Waals surface area contributed by atoms with E-state index in [1.807, 2.05) is 12.1 Å². The maximum atomic E-state index is 5.87. The van der Waals surface area contributed by atoms with Crippen molar-refractivity contribution in [1.82, 2.24) is 0 Å². The van der Waals surface area contributed by atoms with Crippen LogP contribution < -0.4 is 0 Å². The Labute approximate surface area is 136 Å². The van der Waals surface area contributed by atoms with Gasteiger partial charge in [-0.15, -0.1) is 0 Å². The van der Waals surface area contributed by atoms with Crippen molar-refractivity contribution >= 4 is 11.6 Å². The number of rotatable bonds is 1. The topological polar surface area (TPSA) is 36.9 Å². The molecular formula is C17H23ClO4. The van der Waals surface area contributed by atoms with E-state index in [1.165, 1.54) is 0 Å². The molecule has 0 radical (unpaired) electrons. The molecule has 1 saturated heterocycles. The molecule has 0 aromatic heterocycles. The van der Waals surface area contributed by atoms with Crippen LogP contribution in [0.25, 0.3) is 0 Å². The Hall–Kier alpha value is -0.650. The first kappa shape index (κ1) is 16.2. The van der Waals surface area contributed by atoms with Crippen LogP contribution in [-0.2, 0) is 19.6 Å². The van der Waals surface area contributed by atoms with E-state index in [-0.39, 0.29) is 0 Å². The Balaban J connectivity index is 1.57. The Morgan fingerprint density at radius 1 is 1.00 bits per heavy atom. The molecule has 0 atom stereocenters. The fourth-order valence-corrected chi connectivity index (χ4v) is 3.24. The largest absolute Gasteiger partial charge is 0.249 e. The van der Waals surface area contributed by atoms with Crippen molar-refractivity contribution in [3.8, 4) is 0 Å². The second-order valence-corrected chi connectivity index (χ2v) is 7.73. The highest BCUT2D eigenvalue weighted by Gasteiger charge is 2.46. The molecule has 0 unspecified atom stereocenters. The van der Waals surface area contributed by atoms with Gasteiger partial charge < -0.3 is 0 Å². The molecule has 1 heterocycles. The second kappa shape index (κ2) is 6.10. The molecule has 5 heteroatoms. The Morgan fingerprint density at radius 2 is 1.55 bits per heavy atom. The minimum Gasteiger partial charge on any atom is -0.195 e. The van der Waals surface area contributed by atoms with Crippen LogP contribution in [0.4, 0.5) is 0 Å². The quantitative estimate of drug-likeness (QED) is 0.666. The summed E-state index contributed by atoms with van der Waals surface area (Å²) < 4.78 is 0. The van der Waals surface area contributed by atoms with Crippen LogP contribution >= 0.6 is 11.6 Å². The van der Waals surface area contributed by atoms with Crippen LogP contribution in [0.5, 0.6) is 0 Å². The minimum atomic E-state index is -0.759. The standard InChI is InChI=1S/C17H23ClO4/c1-16(2,3)13-8-10-17(11-9-13)21-19-15(20-22-17)12-4-6-14(18)7-5-12/h4-7,13,15H,8-11H2,1-3H3. The molecule has 1 aliphatic heterocycles. The van der Waals surface area contributed by atoms with E-state index < -0.39 is 12.1 Å². The molecule has 0 N–H and O–H groups in total. The van der Waals surface area contributed by atoms with Gasteiger partial charge in [0, 0.05) is 23.4 Å². The zero-order chi connectivity index (χ0) is 15.8. The molecule has 122 valence electrons. The fourth-order valence-electron chi connectivity index (χ4n) is 3.11. The third kappa shape index (κ3) is 3.47. The predicted molar refractivity (Wildman–Crippen MR) is 82.7 cm³/mol. The molecule has 22 heavy (non-hydrogen) atoms. The lowest BCUT2D eigenvalue weighted by Gasteiger charge is -2.44. The number of hydrogen-bond acceptors (Lipinski definition) is 4. The van der Waals surface area contributed by atoms with E-state index in [9.17, 15) is 0 Å². The Morgan fingerprint density at radius 3 is 2.05 bits per heavy atom. The highest BCUT2D eigenvalue weighted by molar-refractivity contribution is 6.30. The Bertz CT molecular complexity index is 490. The smallest absolute Gasteiger partial charge is 0.195 e. The van der Waals surface area contributed by atoms with E-state index in [0.717, 1.165) is 31.2 Å². The van der Waals surface area contributed by atoms with Gasteiger partial charge in [-0.05, 0) is 36.3 Å². The molecule has 1 aliphatic carbocycles. The van der Waals surface area contributed by atoms with Gasteiger partial charge in [0.1, 0.15) is 0 Å². The summed E-state index contributed by atoms with van der Waals surface area (Å²) in [7, 11) is 0. The number of halogens is 1. The van der Waals surface area contributed by atoms with Crippen LogP contribution in [0.2, 0.25) is 5.02 Å². The number of benzene rings is 1. The second-order valence-electron chi connectivity index (χ2n) is 7.29. The van der Waals surface area contributed by atoms with Crippen molar-refractivity contribution in [2.24, 2.45) is 11.3 Å². The van der Waals surface area contributed by atoms with Gasteiger partial charge in [-0.2, -0.15) is 19.6 Å². The summed E-state index contributed by atoms with van der Waals surface area (Å²) in [6.07, 6.45) is 2.97. The summed E-state index contributed by atoms with van der Waals surface area (Å²) in [5.41, 5.74) is 1.12. The van der Waals surface area contributed by atoms with E-state index in [1.54, 1.807) is 12.1 Å². The summed E-state index contributed by atoms with van der Waals surface area (Å²) in [4.78, 5) is 22.0. The highest BCUT2D eigenvalue weighted by atomic mass is 35.5. The van der Waals surface area contributed by atoms with Crippen LogP contribution in [0, 0.1) is 11.3 Å². The van der Waals surface area contributed by atoms with E-state index >= 15 is 0 Å². The first-order valence-corrected chi connectivity index (χ1v) is 8.20. The molecule has 4 nitrogen and oxygen atoms in total. The molecular weight excluding hydrogens is 304 g/mol. The van der Waals surface area contributed by atoms with Crippen molar-refractivity contribution in [2.45, 2.75) is 58.5 Å². The molecule has 1 aromatic carbocycles. The van der Waals surface area contributed by atoms with Crippen molar-refractivity contribution in [2.75, 3.05) is 0 Å². The van der Waals surface area contributed by atoms with Crippen LogP contribution in [-0.4, -0.2) is 5.79 Å². The van der Waals surface area contributed by atoms with E-state index in [0.29, 0.717) is 16.4 Å². The van der Waals surface area contributed by atoms with Gasteiger partial charge in [0.15, 0.2) is 0 Å². The predicted octanol–water partition coefficient (Wildman–Crippen LogP) is 5.18. The monoisotopic (exact) mass is 326 g/mol. The van der Waals surface area contributed by atoms with Gasteiger partial charge in [-0.25, -0.2) is 0 Å². The van der Waals surface area contributed by atoms with Gasteiger partial charge in [-0.3, -0.25) is 0 Å². The van der Waals surface area contributed by atoms with E-state index in [2.05, 4.69) is 20.8 Å². The molecule has 0 amide bonds. The lowest BCUT2D eigenvalue weighted by molar-refractivity contribution is -0.634. The van der Waals surface area contributed by atoms with Crippen molar-refractivity contribution < 1.29 is 19.6 Å². The minimum absolute atomic E-state index is 0.309. The van der Waals surface area contributed by atoms with Crippen LogP contribution in [0.15, 0.2) is 24.3 Å². The summed E-state index contributed by atoms with van der Waals surface area (Å²) in [5.74, 6) is -0.0932. The van der Waals surface area contributed by atoms with Gasteiger partial charge >= 0.3 is 0 Å². The fraction of sp³-hybridized carbons (Fsp3) is 0.647. The summed E-state index contributed by atoms with van der Waals surface area (Å²) >= 11 is 5.87.